The summed E-state index contributed by atoms with van der Waals surface area (Å²) in [5.41, 5.74) is 0.645. The average Bonchev–Trinajstić information content (AvgIpc) is 3.31. The second kappa shape index (κ2) is 18.5. The van der Waals surface area contributed by atoms with Crippen molar-refractivity contribution in [2.75, 3.05) is 18.4 Å². The summed E-state index contributed by atoms with van der Waals surface area (Å²) in [5, 5.41) is 34.5. The van der Waals surface area contributed by atoms with Crippen LogP contribution in [0.4, 0.5) is 5.69 Å². The number of aliphatic carboxylic acids is 1. The first-order valence-corrected chi connectivity index (χ1v) is 14.7. The van der Waals surface area contributed by atoms with Crippen LogP contribution in [0, 0.1) is 0 Å². The third kappa shape index (κ3) is 11.9. The van der Waals surface area contributed by atoms with Crippen molar-refractivity contribution in [2.24, 2.45) is 0 Å². The lowest BCUT2D eigenvalue weighted by Crippen LogP contribution is -2.53. The van der Waals surface area contributed by atoms with Gasteiger partial charge in [0.1, 0.15) is 18.5 Å². The standard InChI is InChI=1S/C28H35N3O12.C2H6/c1-16(32)41-15-17-6-7-20(42-25-14-19(33)26(38)27(43-25)28(39)40)18(13-17)30-22(35)10-11-29-21(34)5-3-2-4-12-31-23(36)8-9-24(31)37;1-2/h6-9,13,19,25-27,33,38H,2-5,10-12,14-15H2,1H3,(H,29,34)(H,30,35)(H,39,40);1-2H3/t19?,25?,26-,27?;/m0./s1. The van der Waals surface area contributed by atoms with Crippen LogP contribution >= 0.6 is 0 Å². The van der Waals surface area contributed by atoms with E-state index in [9.17, 15) is 44.1 Å². The average molecular weight is 636 g/mol. The molecule has 0 bridgehead atoms. The van der Waals surface area contributed by atoms with Gasteiger partial charge in [0.05, 0.1) is 11.8 Å². The summed E-state index contributed by atoms with van der Waals surface area (Å²) in [6.45, 7) is 5.47. The van der Waals surface area contributed by atoms with Gasteiger partial charge in [-0.25, -0.2) is 4.79 Å². The van der Waals surface area contributed by atoms with E-state index < -0.39 is 42.4 Å². The van der Waals surface area contributed by atoms with Crippen molar-refractivity contribution in [3.8, 4) is 5.75 Å². The van der Waals surface area contributed by atoms with Crippen molar-refractivity contribution in [3.63, 3.8) is 0 Å². The molecule has 1 saturated heterocycles. The van der Waals surface area contributed by atoms with E-state index in [0.717, 1.165) is 4.90 Å². The van der Waals surface area contributed by atoms with E-state index in [0.29, 0.717) is 24.8 Å². The Kier molecular flexibility index (Phi) is 15.1. The number of carboxylic acid groups (broad SMARTS) is 1. The fourth-order valence-electron chi connectivity index (χ4n) is 4.31. The van der Waals surface area contributed by atoms with Crippen molar-refractivity contribution in [1.82, 2.24) is 10.2 Å². The minimum Gasteiger partial charge on any atom is -0.479 e. The molecule has 2 aliphatic rings. The van der Waals surface area contributed by atoms with Gasteiger partial charge < -0.3 is 40.2 Å². The minimum absolute atomic E-state index is 0.0343. The number of nitrogens with one attached hydrogen (secondary N) is 2. The van der Waals surface area contributed by atoms with Gasteiger partial charge in [0.15, 0.2) is 6.10 Å². The highest BCUT2D eigenvalue weighted by Crippen LogP contribution is 2.31. The molecule has 2 heterocycles. The third-order valence-corrected chi connectivity index (χ3v) is 6.56. The number of aliphatic hydroxyl groups excluding tert-OH is 2. The summed E-state index contributed by atoms with van der Waals surface area (Å²) in [7, 11) is 0. The van der Waals surface area contributed by atoms with E-state index in [1.54, 1.807) is 6.07 Å². The molecule has 5 N–H and O–H groups in total. The van der Waals surface area contributed by atoms with Crippen molar-refractivity contribution in [1.29, 1.82) is 0 Å². The maximum atomic E-state index is 12.7. The Labute approximate surface area is 260 Å². The van der Waals surface area contributed by atoms with Crippen LogP contribution in [0.15, 0.2) is 30.4 Å². The molecule has 15 heteroatoms. The molecule has 1 aromatic rings. The molecule has 0 aromatic heterocycles. The van der Waals surface area contributed by atoms with E-state index in [1.807, 2.05) is 13.8 Å². The summed E-state index contributed by atoms with van der Waals surface area (Å²) in [6, 6.07) is 4.48. The summed E-state index contributed by atoms with van der Waals surface area (Å²) in [4.78, 5) is 71.6. The highest BCUT2D eigenvalue weighted by atomic mass is 16.7. The molecule has 15 nitrogen and oxygen atoms in total. The van der Waals surface area contributed by atoms with Gasteiger partial charge in [-0.2, -0.15) is 0 Å². The van der Waals surface area contributed by atoms with Gasteiger partial charge in [0, 0.05) is 51.4 Å². The number of anilines is 1. The van der Waals surface area contributed by atoms with Crippen molar-refractivity contribution in [2.45, 2.75) is 90.5 Å². The molecule has 45 heavy (non-hydrogen) atoms. The number of hydrogen-bond donors (Lipinski definition) is 5. The highest BCUT2D eigenvalue weighted by Gasteiger charge is 2.42. The van der Waals surface area contributed by atoms with Gasteiger partial charge in [-0.05, 0) is 30.5 Å². The topological polar surface area (TPSA) is 218 Å². The summed E-state index contributed by atoms with van der Waals surface area (Å²) < 4.78 is 16.0. The molecule has 1 aromatic carbocycles. The minimum atomic E-state index is -1.73. The van der Waals surface area contributed by atoms with Gasteiger partial charge in [0.2, 0.25) is 18.1 Å². The molecule has 248 valence electrons. The van der Waals surface area contributed by atoms with Crippen molar-refractivity contribution < 1.29 is 58.3 Å². The zero-order valence-corrected chi connectivity index (χ0v) is 25.5. The molecule has 1 fully saturated rings. The zero-order valence-electron chi connectivity index (χ0n) is 25.5. The van der Waals surface area contributed by atoms with E-state index in [1.165, 1.54) is 31.2 Å². The number of ether oxygens (including phenoxy) is 3. The van der Waals surface area contributed by atoms with Crippen LogP contribution in [0.25, 0.3) is 0 Å². The molecule has 0 radical (unpaired) electrons. The number of carboxylic acids is 1. The normalized spacial score (nSPS) is 20.6. The number of esters is 1. The van der Waals surface area contributed by atoms with E-state index in [-0.39, 0.29) is 68.1 Å². The van der Waals surface area contributed by atoms with Crippen LogP contribution in [-0.4, -0.2) is 93.5 Å². The number of nitrogens with zero attached hydrogens (tertiary/aromatic N) is 1. The maximum absolute atomic E-state index is 12.7. The smallest absolute Gasteiger partial charge is 0.335 e. The maximum Gasteiger partial charge on any atom is 0.335 e. The van der Waals surface area contributed by atoms with Gasteiger partial charge in [0.25, 0.3) is 11.8 Å². The molecule has 3 rings (SSSR count). The summed E-state index contributed by atoms with van der Waals surface area (Å²) in [5.74, 6) is -3.38. The van der Waals surface area contributed by atoms with Crippen LogP contribution < -0.4 is 15.4 Å². The SMILES string of the molecule is CC.CC(=O)OCc1ccc(OC2CC(O)[C@H](O)C(C(=O)O)O2)c(NC(=O)CCNC(=O)CCCCCN2C(=O)C=CC2=O)c1. The summed E-state index contributed by atoms with van der Waals surface area (Å²) >= 11 is 0. The lowest BCUT2D eigenvalue weighted by molar-refractivity contribution is -0.228. The van der Waals surface area contributed by atoms with Gasteiger partial charge in [-0.1, -0.05) is 26.3 Å². The third-order valence-electron chi connectivity index (χ3n) is 6.56. The molecule has 3 unspecified atom stereocenters. The molecular weight excluding hydrogens is 594 g/mol. The Morgan fingerprint density at radius 1 is 1.00 bits per heavy atom. The Bertz CT molecular complexity index is 1230. The second-order valence-electron chi connectivity index (χ2n) is 9.97. The number of imide groups is 1. The van der Waals surface area contributed by atoms with E-state index in [4.69, 9.17) is 14.2 Å². The number of hydrogen-bond acceptors (Lipinski definition) is 11. The van der Waals surface area contributed by atoms with E-state index in [2.05, 4.69) is 10.6 Å². The quantitative estimate of drug-likeness (QED) is 0.104. The van der Waals surface area contributed by atoms with Crippen LogP contribution in [0.3, 0.4) is 0 Å². The number of unbranched alkanes of at least 4 members (excludes halogenated alkanes) is 2. The van der Waals surface area contributed by atoms with Crippen molar-refractivity contribution in [3.05, 3.63) is 35.9 Å². The Morgan fingerprint density at radius 2 is 1.69 bits per heavy atom. The summed E-state index contributed by atoms with van der Waals surface area (Å²) in [6.07, 6.45) is -2.03. The van der Waals surface area contributed by atoms with Gasteiger partial charge in [-0.15, -0.1) is 0 Å². The largest absolute Gasteiger partial charge is 0.479 e. The first-order valence-electron chi connectivity index (χ1n) is 14.7. The second-order valence-corrected chi connectivity index (χ2v) is 9.97. The van der Waals surface area contributed by atoms with Gasteiger partial charge >= 0.3 is 11.9 Å². The Hall–Kier alpha value is -4.34. The number of carbonyl (C=O) groups excluding carboxylic acids is 5. The Balaban J connectivity index is 0.00000345. The predicted molar refractivity (Wildman–Crippen MR) is 157 cm³/mol. The first-order chi connectivity index (χ1) is 21.4. The number of aliphatic hydroxyl groups is 2. The molecule has 4 atom stereocenters. The number of carbonyl (C=O) groups is 6. The fraction of sp³-hybridized carbons (Fsp3) is 0.533. The monoisotopic (exact) mass is 635 g/mol. The number of benzene rings is 1. The predicted octanol–water partition coefficient (Wildman–Crippen LogP) is 1.01. The Morgan fingerprint density at radius 3 is 2.33 bits per heavy atom. The van der Waals surface area contributed by atoms with Crippen LogP contribution in [0.2, 0.25) is 0 Å². The molecule has 0 aliphatic carbocycles. The van der Waals surface area contributed by atoms with Crippen LogP contribution in [0.1, 0.15) is 64.9 Å². The molecule has 4 amide bonds. The van der Waals surface area contributed by atoms with Gasteiger partial charge in [-0.3, -0.25) is 28.9 Å². The lowest BCUT2D eigenvalue weighted by atomic mass is 10.0. The van der Waals surface area contributed by atoms with Crippen molar-refractivity contribution >= 4 is 41.3 Å². The first kappa shape index (κ1) is 36.8. The van der Waals surface area contributed by atoms with E-state index >= 15 is 0 Å². The van der Waals surface area contributed by atoms with Crippen LogP contribution in [-0.2, 0) is 44.8 Å². The zero-order chi connectivity index (χ0) is 33.5. The molecule has 0 spiro atoms. The highest BCUT2D eigenvalue weighted by molar-refractivity contribution is 6.12. The molecule has 0 saturated carbocycles. The fourth-order valence-corrected chi connectivity index (χ4v) is 4.31. The van der Waals surface area contributed by atoms with Crippen LogP contribution in [0.5, 0.6) is 5.75 Å². The number of rotatable bonds is 15. The lowest BCUT2D eigenvalue weighted by Gasteiger charge is -2.35. The molecular formula is C30H41N3O12. The molecule has 2 aliphatic heterocycles. The number of amides is 4.